The van der Waals surface area contributed by atoms with Crippen LogP contribution in [0, 0.1) is 0 Å². The molecule has 0 saturated carbocycles. The molecule has 0 atom stereocenters. The summed E-state index contributed by atoms with van der Waals surface area (Å²) in [5, 5.41) is 3.79. The Labute approximate surface area is 64.3 Å². The molecule has 1 aromatic heterocycles. The second kappa shape index (κ2) is 2.54. The van der Waals surface area contributed by atoms with Crippen LogP contribution in [0.1, 0.15) is 17.7 Å². The van der Waals surface area contributed by atoms with Crippen LogP contribution in [0.5, 0.6) is 5.95 Å². The minimum atomic E-state index is 0.433. The Morgan fingerprint density at radius 3 is 3.27 bits per heavy atom. The average molecular weight is 154 g/mol. The minimum absolute atomic E-state index is 0.433. The van der Waals surface area contributed by atoms with Gasteiger partial charge < -0.3 is 15.0 Å². The zero-order valence-corrected chi connectivity index (χ0v) is 6.17. The molecule has 0 fully saturated rings. The maximum absolute atomic E-state index is 5.44. The fourth-order valence-corrected chi connectivity index (χ4v) is 1.26. The number of nitrogens with zero attached hydrogens (tertiary/aromatic N) is 1. The molecule has 4 nitrogen and oxygen atoms in total. The number of hydrogen-bond donors (Lipinski definition) is 1. The normalized spacial score (nSPS) is 15.7. The molecule has 0 saturated heterocycles. The highest BCUT2D eigenvalue weighted by atomic mass is 16.6. The fraction of sp³-hybridized carbons (Fsp3) is 0.571. The van der Waals surface area contributed by atoms with Gasteiger partial charge in [-0.2, -0.15) is 0 Å². The van der Waals surface area contributed by atoms with E-state index >= 15 is 0 Å². The van der Waals surface area contributed by atoms with E-state index in [4.69, 9.17) is 15.0 Å². The molecule has 2 N–H and O–H groups in total. The van der Waals surface area contributed by atoms with Gasteiger partial charge in [0.05, 0.1) is 12.2 Å². The molecule has 0 unspecified atom stereocenters. The summed E-state index contributed by atoms with van der Waals surface area (Å²) >= 11 is 0. The lowest BCUT2D eigenvalue weighted by atomic mass is 10.1. The van der Waals surface area contributed by atoms with Gasteiger partial charge in [-0.1, -0.05) is 5.16 Å². The first-order valence-electron chi connectivity index (χ1n) is 3.72. The van der Waals surface area contributed by atoms with E-state index in [9.17, 15) is 0 Å². The van der Waals surface area contributed by atoms with Crippen molar-refractivity contribution in [1.29, 1.82) is 0 Å². The molecule has 0 amide bonds. The zero-order chi connectivity index (χ0) is 7.68. The second-order valence-corrected chi connectivity index (χ2v) is 2.55. The van der Waals surface area contributed by atoms with Crippen LogP contribution in [-0.4, -0.2) is 11.8 Å². The van der Waals surface area contributed by atoms with Crippen LogP contribution in [0.2, 0.25) is 0 Å². The van der Waals surface area contributed by atoms with Gasteiger partial charge in [0, 0.05) is 6.54 Å². The standard InChI is InChI=1S/C7H10N2O2/c8-4-6-5-2-1-3-10-7(5)11-9-6/h1-4,8H2. The quantitative estimate of drug-likeness (QED) is 0.638. The summed E-state index contributed by atoms with van der Waals surface area (Å²) < 4.78 is 10.1. The number of rotatable bonds is 1. The van der Waals surface area contributed by atoms with E-state index in [-0.39, 0.29) is 0 Å². The van der Waals surface area contributed by atoms with Crippen LogP contribution < -0.4 is 10.5 Å². The second-order valence-electron chi connectivity index (χ2n) is 2.55. The van der Waals surface area contributed by atoms with Crippen LogP contribution >= 0.6 is 0 Å². The highest BCUT2D eigenvalue weighted by molar-refractivity contribution is 5.29. The first-order chi connectivity index (χ1) is 5.42. The molecule has 0 aromatic carbocycles. The zero-order valence-electron chi connectivity index (χ0n) is 6.17. The molecule has 0 spiro atoms. The fourth-order valence-electron chi connectivity index (χ4n) is 1.26. The van der Waals surface area contributed by atoms with E-state index in [1.54, 1.807) is 0 Å². The van der Waals surface area contributed by atoms with Crippen LogP contribution in [0.4, 0.5) is 0 Å². The molecule has 2 rings (SSSR count). The molecule has 0 aliphatic carbocycles. The molecule has 4 heteroatoms. The summed E-state index contributed by atoms with van der Waals surface area (Å²) in [6.07, 6.45) is 2.01. The Kier molecular flexibility index (Phi) is 1.54. The van der Waals surface area contributed by atoms with Crippen molar-refractivity contribution >= 4 is 0 Å². The van der Waals surface area contributed by atoms with Gasteiger partial charge >= 0.3 is 5.95 Å². The Morgan fingerprint density at radius 1 is 1.55 bits per heavy atom. The van der Waals surface area contributed by atoms with E-state index in [0.29, 0.717) is 12.5 Å². The third kappa shape index (κ3) is 0.991. The largest absolute Gasteiger partial charge is 0.464 e. The van der Waals surface area contributed by atoms with Crippen molar-refractivity contribution in [2.24, 2.45) is 5.73 Å². The molecular formula is C7H10N2O2. The Bertz CT molecular complexity index is 243. The Hall–Kier alpha value is -1.03. The molecule has 0 bridgehead atoms. The summed E-state index contributed by atoms with van der Waals surface area (Å²) in [6, 6.07) is 0. The van der Waals surface area contributed by atoms with Gasteiger partial charge in [-0.15, -0.1) is 0 Å². The summed E-state index contributed by atoms with van der Waals surface area (Å²) in [4.78, 5) is 0. The first kappa shape index (κ1) is 6.67. The van der Waals surface area contributed by atoms with Gasteiger partial charge in [0.1, 0.15) is 5.69 Å². The maximum atomic E-state index is 5.44. The molecule has 1 aromatic rings. The third-order valence-corrected chi connectivity index (χ3v) is 1.83. The molecule has 1 aliphatic rings. The summed E-state index contributed by atoms with van der Waals surface area (Å²) in [6.45, 7) is 1.16. The van der Waals surface area contributed by atoms with Gasteiger partial charge in [-0.05, 0) is 12.8 Å². The lowest BCUT2D eigenvalue weighted by Gasteiger charge is -2.09. The number of fused-ring (bicyclic) bond motifs is 1. The number of nitrogens with two attached hydrogens (primary N) is 1. The Morgan fingerprint density at radius 2 is 2.45 bits per heavy atom. The lowest BCUT2D eigenvalue weighted by molar-refractivity contribution is 0.196. The van der Waals surface area contributed by atoms with E-state index < -0.39 is 0 Å². The van der Waals surface area contributed by atoms with Crippen LogP contribution in [0.3, 0.4) is 0 Å². The van der Waals surface area contributed by atoms with Crippen molar-refractivity contribution in [3.8, 4) is 5.95 Å². The first-order valence-corrected chi connectivity index (χ1v) is 3.72. The van der Waals surface area contributed by atoms with Gasteiger partial charge in [0.25, 0.3) is 0 Å². The van der Waals surface area contributed by atoms with Gasteiger partial charge in [-0.25, -0.2) is 0 Å². The van der Waals surface area contributed by atoms with Crippen molar-refractivity contribution < 1.29 is 9.26 Å². The van der Waals surface area contributed by atoms with E-state index in [1.807, 2.05) is 0 Å². The maximum Gasteiger partial charge on any atom is 0.314 e. The summed E-state index contributed by atoms with van der Waals surface area (Å²) in [7, 11) is 0. The number of ether oxygens (including phenoxy) is 1. The number of hydrogen-bond acceptors (Lipinski definition) is 4. The molecule has 1 aliphatic heterocycles. The van der Waals surface area contributed by atoms with Crippen molar-refractivity contribution in [2.75, 3.05) is 6.61 Å². The van der Waals surface area contributed by atoms with Gasteiger partial charge in [0.15, 0.2) is 0 Å². The third-order valence-electron chi connectivity index (χ3n) is 1.83. The predicted octanol–water partition coefficient (Wildman–Crippen LogP) is 0.458. The summed E-state index contributed by atoms with van der Waals surface area (Å²) in [5.41, 5.74) is 7.33. The van der Waals surface area contributed by atoms with Crippen LogP contribution in [-0.2, 0) is 13.0 Å². The van der Waals surface area contributed by atoms with Crippen molar-refractivity contribution in [2.45, 2.75) is 19.4 Å². The van der Waals surface area contributed by atoms with E-state index in [0.717, 1.165) is 30.7 Å². The minimum Gasteiger partial charge on any atom is -0.464 e. The van der Waals surface area contributed by atoms with Crippen LogP contribution in [0.25, 0.3) is 0 Å². The van der Waals surface area contributed by atoms with Crippen LogP contribution in [0.15, 0.2) is 4.52 Å². The van der Waals surface area contributed by atoms with E-state index in [1.165, 1.54) is 0 Å². The Balaban J connectivity index is 2.38. The number of aromatic nitrogens is 1. The molecule has 2 heterocycles. The molecular weight excluding hydrogens is 144 g/mol. The monoisotopic (exact) mass is 154 g/mol. The van der Waals surface area contributed by atoms with Crippen molar-refractivity contribution in [3.63, 3.8) is 0 Å². The molecule has 11 heavy (non-hydrogen) atoms. The molecule has 0 radical (unpaired) electrons. The lowest BCUT2D eigenvalue weighted by Crippen LogP contribution is -2.09. The highest BCUT2D eigenvalue weighted by Gasteiger charge is 2.19. The van der Waals surface area contributed by atoms with Crippen molar-refractivity contribution in [3.05, 3.63) is 11.3 Å². The highest BCUT2D eigenvalue weighted by Crippen LogP contribution is 2.26. The SMILES string of the molecule is NCc1noc2c1CCCO2. The van der Waals surface area contributed by atoms with Gasteiger partial charge in [-0.3, -0.25) is 0 Å². The van der Waals surface area contributed by atoms with Gasteiger partial charge in [0.2, 0.25) is 0 Å². The van der Waals surface area contributed by atoms with Crippen molar-refractivity contribution in [1.82, 2.24) is 5.16 Å². The predicted molar refractivity (Wildman–Crippen MR) is 38.2 cm³/mol. The molecule has 60 valence electrons. The topological polar surface area (TPSA) is 61.3 Å². The summed E-state index contributed by atoms with van der Waals surface area (Å²) in [5.74, 6) is 0.566. The van der Waals surface area contributed by atoms with E-state index in [2.05, 4.69) is 5.16 Å². The average Bonchev–Trinajstić information content (AvgIpc) is 2.47. The smallest absolute Gasteiger partial charge is 0.314 e.